The Labute approximate surface area is 139 Å². The first-order valence-electron chi connectivity index (χ1n) is 9.24. The predicted molar refractivity (Wildman–Crippen MR) is 94.7 cm³/mol. The fraction of sp³-hybridized carbons (Fsp3) is 0.600. The van der Waals surface area contributed by atoms with Crippen molar-refractivity contribution in [2.75, 3.05) is 26.2 Å². The van der Waals surface area contributed by atoms with Crippen molar-refractivity contribution in [1.82, 2.24) is 9.80 Å². The summed E-state index contributed by atoms with van der Waals surface area (Å²) < 4.78 is 6.09. The van der Waals surface area contributed by atoms with Gasteiger partial charge in [-0.15, -0.1) is 0 Å². The van der Waals surface area contributed by atoms with Gasteiger partial charge in [-0.1, -0.05) is 24.6 Å². The Hall–Kier alpha value is -1.32. The maximum Gasteiger partial charge on any atom is 0.134 e. The van der Waals surface area contributed by atoms with E-state index < -0.39 is 0 Å². The van der Waals surface area contributed by atoms with Crippen LogP contribution < -0.4 is 0 Å². The van der Waals surface area contributed by atoms with Crippen molar-refractivity contribution in [3.63, 3.8) is 0 Å². The fourth-order valence-corrected chi connectivity index (χ4v) is 4.30. The van der Waals surface area contributed by atoms with E-state index in [1.54, 1.807) is 0 Å². The number of para-hydroxylation sites is 1. The third-order valence-electron chi connectivity index (χ3n) is 5.77. The average Bonchev–Trinajstić information content (AvgIpc) is 2.93. The molecule has 2 aliphatic rings. The highest BCUT2D eigenvalue weighted by atomic mass is 16.3. The summed E-state index contributed by atoms with van der Waals surface area (Å²) >= 11 is 0. The van der Waals surface area contributed by atoms with Crippen molar-refractivity contribution in [3.05, 3.63) is 35.6 Å². The molecular formula is C20H28N2O. The number of hydrogen-bond acceptors (Lipinski definition) is 3. The van der Waals surface area contributed by atoms with Gasteiger partial charge in [0.1, 0.15) is 11.3 Å². The van der Waals surface area contributed by atoms with E-state index >= 15 is 0 Å². The lowest BCUT2D eigenvalue weighted by molar-refractivity contribution is 0.0868. The highest BCUT2D eigenvalue weighted by Gasteiger charge is 2.26. The standard InChI is InChI=1S/C20H28N2O/c1-16-18-7-3-4-8-19(18)23-20(16)15-21-13-9-17(10-14-21)22-11-5-2-6-12-22/h3-4,7-8,17H,2,5-6,9-15H2,1H3. The zero-order valence-corrected chi connectivity index (χ0v) is 14.3. The maximum absolute atomic E-state index is 6.09. The van der Waals surface area contributed by atoms with Gasteiger partial charge in [-0.25, -0.2) is 0 Å². The van der Waals surface area contributed by atoms with Crippen molar-refractivity contribution in [2.45, 2.75) is 51.6 Å². The number of likely N-dealkylation sites (tertiary alicyclic amines) is 2. The van der Waals surface area contributed by atoms with Crippen LogP contribution in [0.1, 0.15) is 43.4 Å². The number of piperidine rings is 2. The molecule has 1 aromatic carbocycles. The van der Waals surface area contributed by atoms with E-state index in [9.17, 15) is 0 Å². The summed E-state index contributed by atoms with van der Waals surface area (Å²) in [4.78, 5) is 5.32. The van der Waals surface area contributed by atoms with Crippen LogP contribution in [0.3, 0.4) is 0 Å². The third kappa shape index (κ3) is 3.17. The van der Waals surface area contributed by atoms with Crippen molar-refractivity contribution in [1.29, 1.82) is 0 Å². The van der Waals surface area contributed by atoms with Gasteiger partial charge >= 0.3 is 0 Å². The first-order valence-corrected chi connectivity index (χ1v) is 9.24. The van der Waals surface area contributed by atoms with Gasteiger partial charge in [-0.05, 0) is 57.3 Å². The zero-order chi connectivity index (χ0) is 15.6. The third-order valence-corrected chi connectivity index (χ3v) is 5.77. The van der Waals surface area contributed by atoms with Crippen LogP contribution in [0.4, 0.5) is 0 Å². The Balaban J connectivity index is 1.37. The molecule has 124 valence electrons. The van der Waals surface area contributed by atoms with Crippen molar-refractivity contribution in [2.24, 2.45) is 0 Å². The zero-order valence-electron chi connectivity index (χ0n) is 14.3. The molecule has 0 bridgehead atoms. The van der Waals surface area contributed by atoms with Gasteiger partial charge in [0.25, 0.3) is 0 Å². The minimum Gasteiger partial charge on any atom is -0.459 e. The predicted octanol–water partition coefficient (Wildman–Crippen LogP) is 4.19. The molecule has 0 aliphatic carbocycles. The van der Waals surface area contributed by atoms with Crippen LogP contribution in [0, 0.1) is 6.92 Å². The van der Waals surface area contributed by atoms with Crippen LogP contribution in [-0.2, 0) is 6.54 Å². The molecule has 3 heteroatoms. The number of aryl methyl sites for hydroxylation is 1. The van der Waals surface area contributed by atoms with Crippen molar-refractivity contribution >= 4 is 11.0 Å². The van der Waals surface area contributed by atoms with Gasteiger partial charge in [-0.3, -0.25) is 4.90 Å². The summed E-state index contributed by atoms with van der Waals surface area (Å²) in [5, 5.41) is 1.27. The van der Waals surface area contributed by atoms with Crippen LogP contribution in [0.25, 0.3) is 11.0 Å². The molecule has 1 aromatic heterocycles. The summed E-state index contributed by atoms with van der Waals surface area (Å²) in [6.07, 6.45) is 6.87. The fourth-order valence-electron chi connectivity index (χ4n) is 4.30. The van der Waals surface area contributed by atoms with E-state index in [0.717, 1.165) is 23.9 Å². The molecule has 3 nitrogen and oxygen atoms in total. The number of hydrogen-bond donors (Lipinski definition) is 0. The Kier molecular flexibility index (Phi) is 4.41. The number of furan rings is 1. The monoisotopic (exact) mass is 312 g/mol. The molecule has 0 amide bonds. The van der Waals surface area contributed by atoms with Gasteiger partial charge in [0.15, 0.2) is 0 Å². The lowest BCUT2D eigenvalue weighted by Crippen LogP contribution is -2.46. The number of rotatable bonds is 3. The topological polar surface area (TPSA) is 19.6 Å². The number of benzene rings is 1. The van der Waals surface area contributed by atoms with E-state index in [1.165, 1.54) is 69.2 Å². The Morgan fingerprint density at radius 3 is 2.48 bits per heavy atom. The first kappa shape index (κ1) is 15.2. The normalized spacial score (nSPS) is 22.0. The summed E-state index contributed by atoms with van der Waals surface area (Å²) in [6, 6.07) is 9.22. The second kappa shape index (κ2) is 6.66. The van der Waals surface area contributed by atoms with Crippen LogP contribution >= 0.6 is 0 Å². The molecule has 4 rings (SSSR count). The van der Waals surface area contributed by atoms with Crippen molar-refractivity contribution in [3.8, 4) is 0 Å². The highest BCUT2D eigenvalue weighted by molar-refractivity contribution is 5.81. The highest BCUT2D eigenvalue weighted by Crippen LogP contribution is 2.27. The Morgan fingerprint density at radius 1 is 1.00 bits per heavy atom. The lowest BCUT2D eigenvalue weighted by Gasteiger charge is -2.40. The summed E-state index contributed by atoms with van der Waals surface area (Å²) in [5.74, 6) is 1.16. The molecule has 0 N–H and O–H groups in total. The summed E-state index contributed by atoms with van der Waals surface area (Å²) in [5.41, 5.74) is 2.35. The van der Waals surface area contributed by atoms with Crippen LogP contribution in [0.5, 0.6) is 0 Å². The second-order valence-electron chi connectivity index (χ2n) is 7.25. The summed E-state index contributed by atoms with van der Waals surface area (Å²) in [7, 11) is 0. The van der Waals surface area contributed by atoms with Gasteiger partial charge in [0.2, 0.25) is 0 Å². The largest absolute Gasteiger partial charge is 0.459 e. The molecule has 2 aliphatic heterocycles. The molecule has 0 radical (unpaired) electrons. The molecule has 3 heterocycles. The van der Waals surface area contributed by atoms with Crippen LogP contribution in [-0.4, -0.2) is 42.0 Å². The van der Waals surface area contributed by atoms with Gasteiger partial charge < -0.3 is 9.32 Å². The van der Waals surface area contributed by atoms with E-state index in [1.807, 2.05) is 0 Å². The minimum atomic E-state index is 0.823. The van der Waals surface area contributed by atoms with Gasteiger partial charge in [-0.2, -0.15) is 0 Å². The quantitative estimate of drug-likeness (QED) is 0.847. The maximum atomic E-state index is 6.09. The van der Waals surface area contributed by atoms with Gasteiger partial charge in [0.05, 0.1) is 6.54 Å². The molecule has 0 unspecified atom stereocenters. The lowest BCUT2D eigenvalue weighted by atomic mass is 9.99. The smallest absolute Gasteiger partial charge is 0.134 e. The van der Waals surface area contributed by atoms with E-state index in [2.05, 4.69) is 41.0 Å². The minimum absolute atomic E-state index is 0.823. The first-order chi connectivity index (χ1) is 11.3. The van der Waals surface area contributed by atoms with Crippen molar-refractivity contribution < 1.29 is 4.42 Å². The average molecular weight is 312 g/mol. The van der Waals surface area contributed by atoms with Crippen LogP contribution in [0.15, 0.2) is 28.7 Å². The Morgan fingerprint density at radius 2 is 1.74 bits per heavy atom. The second-order valence-corrected chi connectivity index (χ2v) is 7.25. The van der Waals surface area contributed by atoms with Crippen LogP contribution in [0.2, 0.25) is 0 Å². The van der Waals surface area contributed by atoms with E-state index in [4.69, 9.17) is 4.42 Å². The number of fused-ring (bicyclic) bond motifs is 1. The molecule has 2 fully saturated rings. The molecule has 0 saturated carbocycles. The van der Waals surface area contributed by atoms with E-state index in [0.29, 0.717) is 0 Å². The molecule has 2 aromatic rings. The summed E-state index contributed by atoms with van der Waals surface area (Å²) in [6.45, 7) is 8.23. The molecule has 2 saturated heterocycles. The SMILES string of the molecule is Cc1c(CN2CCC(N3CCCCC3)CC2)oc2ccccc12. The molecular weight excluding hydrogens is 284 g/mol. The van der Waals surface area contributed by atoms with Gasteiger partial charge in [0, 0.05) is 24.5 Å². The van der Waals surface area contributed by atoms with E-state index in [-0.39, 0.29) is 0 Å². The number of nitrogens with zero attached hydrogens (tertiary/aromatic N) is 2. The molecule has 0 atom stereocenters. The Bertz CT molecular complexity index is 649. The molecule has 0 spiro atoms. The molecule has 23 heavy (non-hydrogen) atoms.